The van der Waals surface area contributed by atoms with Crippen LogP contribution in [0.4, 0.5) is 11.4 Å². The number of nitrogens with zero attached hydrogens (tertiary/aromatic N) is 5. The fraction of sp³-hybridized carbons (Fsp3) is 0.188. The van der Waals surface area contributed by atoms with Gasteiger partial charge >= 0.3 is 5.69 Å². The highest BCUT2D eigenvalue weighted by molar-refractivity contribution is 5.98. The summed E-state index contributed by atoms with van der Waals surface area (Å²) in [6, 6.07) is 5.02. The van der Waals surface area contributed by atoms with Crippen molar-refractivity contribution in [1.82, 2.24) is 14.1 Å². The van der Waals surface area contributed by atoms with Crippen LogP contribution in [-0.2, 0) is 14.1 Å². The van der Waals surface area contributed by atoms with E-state index in [0.29, 0.717) is 0 Å². The van der Waals surface area contributed by atoms with Crippen molar-refractivity contribution in [2.24, 2.45) is 14.1 Å². The first-order valence-corrected chi connectivity index (χ1v) is 7.64. The summed E-state index contributed by atoms with van der Waals surface area (Å²) < 4.78 is 1.96. The molecule has 0 atom stereocenters. The number of hydrogen-bond acceptors (Lipinski definition) is 7. The van der Waals surface area contributed by atoms with Crippen LogP contribution in [0.2, 0.25) is 0 Å². The highest BCUT2D eigenvalue weighted by atomic mass is 16.6. The van der Waals surface area contributed by atoms with Gasteiger partial charge < -0.3 is 0 Å². The van der Waals surface area contributed by atoms with Crippen LogP contribution < -0.4 is 11.2 Å². The quantitative estimate of drug-likeness (QED) is 0.500. The van der Waals surface area contributed by atoms with Crippen molar-refractivity contribution in [1.29, 1.82) is 0 Å². The summed E-state index contributed by atoms with van der Waals surface area (Å²) in [4.78, 5) is 50.3. The highest BCUT2D eigenvalue weighted by Crippen LogP contribution is 2.36. The minimum absolute atomic E-state index is 0.000414. The van der Waals surface area contributed by atoms with Crippen molar-refractivity contribution >= 4 is 22.4 Å². The maximum Gasteiger partial charge on any atom is 0.332 e. The average molecular weight is 371 g/mol. The van der Waals surface area contributed by atoms with Gasteiger partial charge in [-0.2, -0.15) is 0 Å². The highest BCUT2D eigenvalue weighted by Gasteiger charge is 2.27. The zero-order valence-corrected chi connectivity index (χ0v) is 14.5. The predicted molar refractivity (Wildman–Crippen MR) is 95.7 cm³/mol. The Hall–Kier alpha value is -3.89. The van der Waals surface area contributed by atoms with Gasteiger partial charge in [0.15, 0.2) is 5.65 Å². The lowest BCUT2D eigenvalue weighted by molar-refractivity contribution is -0.385. The maximum atomic E-state index is 12.7. The standard InChI is InChI=1S/C16H13N5O6/c1-8-13(21(26)27)11(9-4-6-10(7-5-9)20(24)25)12-14(17-8)18(2)16(23)19(3)15(12)22/h4-7H,1-3H3. The van der Waals surface area contributed by atoms with Crippen LogP contribution in [0.25, 0.3) is 22.2 Å². The third-order valence-corrected chi connectivity index (χ3v) is 4.29. The van der Waals surface area contributed by atoms with Gasteiger partial charge in [-0.15, -0.1) is 0 Å². The van der Waals surface area contributed by atoms with E-state index in [4.69, 9.17) is 0 Å². The molecule has 3 rings (SSSR count). The van der Waals surface area contributed by atoms with Gasteiger partial charge in [0.25, 0.3) is 16.9 Å². The molecule has 0 fully saturated rings. The van der Waals surface area contributed by atoms with Crippen LogP contribution in [0.15, 0.2) is 33.9 Å². The van der Waals surface area contributed by atoms with Gasteiger partial charge in [-0.25, -0.2) is 9.78 Å². The fourth-order valence-electron chi connectivity index (χ4n) is 2.95. The number of hydrogen-bond donors (Lipinski definition) is 0. The van der Waals surface area contributed by atoms with E-state index in [-0.39, 0.29) is 33.5 Å². The molecule has 11 nitrogen and oxygen atoms in total. The number of nitro groups is 2. The molecular formula is C16H13N5O6. The second-order valence-electron chi connectivity index (χ2n) is 5.89. The SMILES string of the molecule is Cc1nc2c(c(-c3ccc([N+](=O)[O-])cc3)c1[N+](=O)[O-])c(=O)n(C)c(=O)n2C. The molecule has 138 valence electrons. The van der Waals surface area contributed by atoms with Crippen LogP contribution in [-0.4, -0.2) is 24.0 Å². The molecule has 0 aliphatic heterocycles. The van der Waals surface area contributed by atoms with Gasteiger partial charge in [0.1, 0.15) is 5.69 Å². The van der Waals surface area contributed by atoms with Gasteiger partial charge in [-0.1, -0.05) is 0 Å². The van der Waals surface area contributed by atoms with Gasteiger partial charge in [-0.3, -0.25) is 34.2 Å². The predicted octanol–water partition coefficient (Wildman–Crippen LogP) is 1.42. The Morgan fingerprint density at radius 2 is 1.56 bits per heavy atom. The Kier molecular flexibility index (Phi) is 4.06. The van der Waals surface area contributed by atoms with Gasteiger partial charge in [0.2, 0.25) is 0 Å². The average Bonchev–Trinajstić information content (AvgIpc) is 2.63. The number of aromatic nitrogens is 3. The summed E-state index contributed by atoms with van der Waals surface area (Å²) >= 11 is 0. The van der Waals surface area contributed by atoms with E-state index in [1.807, 2.05) is 0 Å². The van der Waals surface area contributed by atoms with Crippen molar-refractivity contribution in [3.8, 4) is 11.1 Å². The minimum atomic E-state index is -0.739. The Balaban J connectivity index is 2.57. The molecule has 0 saturated carbocycles. The van der Waals surface area contributed by atoms with Crippen LogP contribution in [0.1, 0.15) is 5.69 Å². The molecule has 11 heteroatoms. The Morgan fingerprint density at radius 3 is 2.07 bits per heavy atom. The third kappa shape index (κ3) is 2.65. The first-order valence-electron chi connectivity index (χ1n) is 7.64. The number of aryl methyl sites for hydroxylation is 2. The molecule has 2 aromatic heterocycles. The summed E-state index contributed by atoms with van der Waals surface area (Å²) in [5.41, 5.74) is -1.74. The summed E-state index contributed by atoms with van der Waals surface area (Å²) in [6.45, 7) is 1.40. The minimum Gasteiger partial charge on any atom is -0.280 e. The molecule has 1 aromatic carbocycles. The molecular weight excluding hydrogens is 358 g/mol. The lowest BCUT2D eigenvalue weighted by Crippen LogP contribution is -2.37. The Labute approximate surface area is 150 Å². The lowest BCUT2D eigenvalue weighted by Gasteiger charge is -2.12. The lowest BCUT2D eigenvalue weighted by atomic mass is 9.99. The molecule has 27 heavy (non-hydrogen) atoms. The molecule has 0 saturated heterocycles. The topological polar surface area (TPSA) is 143 Å². The summed E-state index contributed by atoms with van der Waals surface area (Å²) in [5, 5.41) is 22.4. The van der Waals surface area contributed by atoms with Crippen molar-refractivity contribution in [2.75, 3.05) is 0 Å². The van der Waals surface area contributed by atoms with Gasteiger partial charge in [-0.05, 0) is 24.6 Å². The second kappa shape index (κ2) is 6.12. The molecule has 2 heterocycles. The van der Waals surface area contributed by atoms with Crippen LogP contribution in [0.5, 0.6) is 0 Å². The zero-order chi connectivity index (χ0) is 20.0. The first kappa shape index (κ1) is 17.9. The van der Waals surface area contributed by atoms with Crippen LogP contribution in [0.3, 0.4) is 0 Å². The fourth-order valence-corrected chi connectivity index (χ4v) is 2.95. The van der Waals surface area contributed by atoms with Crippen molar-refractivity contribution < 1.29 is 9.85 Å². The number of benzene rings is 1. The van der Waals surface area contributed by atoms with E-state index in [9.17, 15) is 29.8 Å². The second-order valence-corrected chi connectivity index (χ2v) is 5.89. The molecule has 0 bridgehead atoms. The molecule has 0 spiro atoms. The van der Waals surface area contributed by atoms with Crippen LogP contribution >= 0.6 is 0 Å². The monoisotopic (exact) mass is 371 g/mol. The maximum absolute atomic E-state index is 12.7. The zero-order valence-electron chi connectivity index (χ0n) is 14.5. The molecule has 0 unspecified atom stereocenters. The van der Waals surface area contributed by atoms with Gasteiger partial charge in [0, 0.05) is 26.2 Å². The summed E-state index contributed by atoms with van der Waals surface area (Å²) in [6.07, 6.45) is 0. The van der Waals surface area contributed by atoms with Gasteiger partial charge in [0.05, 0.1) is 20.8 Å². The summed E-state index contributed by atoms with van der Waals surface area (Å²) in [7, 11) is 2.66. The molecule has 0 amide bonds. The third-order valence-electron chi connectivity index (χ3n) is 4.29. The first-order chi connectivity index (χ1) is 12.6. The molecule has 0 aliphatic carbocycles. The number of rotatable bonds is 3. The van der Waals surface area contributed by atoms with E-state index in [1.54, 1.807) is 0 Å². The normalized spacial score (nSPS) is 10.9. The molecule has 0 aliphatic rings. The van der Waals surface area contributed by atoms with Crippen molar-refractivity contribution in [3.05, 3.63) is 71.0 Å². The van der Waals surface area contributed by atoms with E-state index >= 15 is 0 Å². The van der Waals surface area contributed by atoms with Crippen molar-refractivity contribution in [2.45, 2.75) is 6.92 Å². The summed E-state index contributed by atoms with van der Waals surface area (Å²) in [5.74, 6) is 0. The van der Waals surface area contributed by atoms with E-state index in [1.165, 1.54) is 45.3 Å². The number of nitro benzene ring substituents is 1. The van der Waals surface area contributed by atoms with Crippen LogP contribution in [0, 0.1) is 27.2 Å². The van der Waals surface area contributed by atoms with E-state index in [0.717, 1.165) is 9.13 Å². The molecule has 0 N–H and O–H groups in total. The van der Waals surface area contributed by atoms with E-state index in [2.05, 4.69) is 4.98 Å². The Bertz CT molecular complexity index is 1240. The van der Waals surface area contributed by atoms with Crippen molar-refractivity contribution in [3.63, 3.8) is 0 Å². The van der Waals surface area contributed by atoms with E-state index < -0.39 is 26.8 Å². The Morgan fingerprint density at radius 1 is 0.963 bits per heavy atom. The smallest absolute Gasteiger partial charge is 0.280 e. The largest absolute Gasteiger partial charge is 0.332 e. The number of fused-ring (bicyclic) bond motifs is 1. The molecule has 3 aromatic rings. The number of pyridine rings is 1. The number of non-ortho nitro benzene ring substituents is 1. The molecule has 0 radical (unpaired) electrons.